The lowest BCUT2D eigenvalue weighted by Gasteiger charge is -2.14. The smallest absolute Gasteiger partial charge is 0.272 e. The molecule has 3 amide bonds. The van der Waals surface area contributed by atoms with Crippen molar-refractivity contribution in [2.75, 3.05) is 37.7 Å². The summed E-state index contributed by atoms with van der Waals surface area (Å²) in [6, 6.07) is 25.8. The van der Waals surface area contributed by atoms with Crippen LogP contribution in [0.3, 0.4) is 0 Å². The lowest BCUT2D eigenvalue weighted by Crippen LogP contribution is -2.30. The van der Waals surface area contributed by atoms with E-state index in [9.17, 15) is 14.4 Å². The minimum absolute atomic E-state index is 0.0130. The summed E-state index contributed by atoms with van der Waals surface area (Å²) in [5.41, 5.74) is 1.92. The van der Waals surface area contributed by atoms with Gasteiger partial charge in [-0.2, -0.15) is 0 Å². The molecule has 11 heteroatoms. The van der Waals surface area contributed by atoms with Gasteiger partial charge >= 0.3 is 0 Å². The van der Waals surface area contributed by atoms with E-state index in [2.05, 4.69) is 16.0 Å². The topological polar surface area (TPSA) is 115 Å². The minimum Gasteiger partial charge on any atom is -0.495 e. The molecule has 0 radical (unpaired) electrons. The van der Waals surface area contributed by atoms with Crippen LogP contribution in [0.1, 0.15) is 15.9 Å². The highest BCUT2D eigenvalue weighted by Crippen LogP contribution is 2.32. The molecular formula is C33H30ClN3O6S. The molecule has 4 rings (SSSR count). The molecule has 0 spiro atoms. The number of amides is 3. The standard InChI is InChI=1S/C33H30ClN3O6S/c1-41-28-16-15-24(19-26(28)34)35-30(38)20-44-25-13-8-12-23(18-25)36-33(40)27(37-32(39)21-9-5-4-6-10-21)17-22-11-7-14-29(42-2)31(22)43-3/h4-19H,20H2,1-3H3,(H,35,38)(H,36,40)(H,37,39)/b27-17+. The summed E-state index contributed by atoms with van der Waals surface area (Å²) < 4.78 is 16.0. The number of carbonyl (C=O) groups is 3. The third-order valence-corrected chi connectivity index (χ3v) is 7.45. The summed E-state index contributed by atoms with van der Waals surface area (Å²) in [6.45, 7) is 0. The highest BCUT2D eigenvalue weighted by Gasteiger charge is 2.18. The number of benzene rings is 4. The van der Waals surface area contributed by atoms with E-state index in [0.717, 1.165) is 4.90 Å². The fraction of sp³-hybridized carbons (Fsp3) is 0.121. The molecule has 0 saturated heterocycles. The van der Waals surface area contributed by atoms with Crippen LogP contribution in [0, 0.1) is 0 Å². The van der Waals surface area contributed by atoms with Gasteiger partial charge in [-0.3, -0.25) is 14.4 Å². The summed E-state index contributed by atoms with van der Waals surface area (Å²) in [7, 11) is 4.52. The minimum atomic E-state index is -0.560. The van der Waals surface area contributed by atoms with Crippen LogP contribution >= 0.6 is 23.4 Å². The molecule has 0 heterocycles. The molecule has 4 aromatic carbocycles. The predicted octanol–water partition coefficient (Wildman–Crippen LogP) is 6.51. The van der Waals surface area contributed by atoms with Crippen LogP contribution < -0.4 is 30.2 Å². The van der Waals surface area contributed by atoms with Gasteiger partial charge in [0.25, 0.3) is 11.8 Å². The molecule has 0 bridgehead atoms. The van der Waals surface area contributed by atoms with Crippen LogP contribution in [0.15, 0.2) is 102 Å². The molecule has 3 N–H and O–H groups in total. The van der Waals surface area contributed by atoms with Crippen molar-refractivity contribution in [3.8, 4) is 17.2 Å². The van der Waals surface area contributed by atoms with Gasteiger partial charge in [0.15, 0.2) is 11.5 Å². The average molecular weight is 632 g/mol. The third-order valence-electron chi connectivity index (χ3n) is 6.16. The predicted molar refractivity (Wildman–Crippen MR) is 174 cm³/mol. The molecule has 0 unspecified atom stereocenters. The molecule has 44 heavy (non-hydrogen) atoms. The molecule has 0 aliphatic rings. The zero-order valence-electron chi connectivity index (χ0n) is 24.2. The number of anilines is 2. The molecule has 226 valence electrons. The molecule has 0 aliphatic carbocycles. The van der Waals surface area contributed by atoms with Gasteiger partial charge in [0.1, 0.15) is 11.4 Å². The Bertz CT molecular complexity index is 1680. The lowest BCUT2D eigenvalue weighted by atomic mass is 10.1. The number of ether oxygens (including phenoxy) is 3. The number of thioether (sulfide) groups is 1. The van der Waals surface area contributed by atoms with Crippen molar-refractivity contribution < 1.29 is 28.6 Å². The zero-order valence-corrected chi connectivity index (χ0v) is 25.8. The van der Waals surface area contributed by atoms with Crippen LogP contribution in [-0.2, 0) is 9.59 Å². The number of methoxy groups -OCH3 is 3. The van der Waals surface area contributed by atoms with Gasteiger partial charge in [0.2, 0.25) is 5.91 Å². The first-order valence-corrected chi connectivity index (χ1v) is 14.6. The van der Waals surface area contributed by atoms with Gasteiger partial charge in [-0.15, -0.1) is 11.8 Å². The second-order valence-corrected chi connectivity index (χ2v) is 10.6. The van der Waals surface area contributed by atoms with E-state index in [-0.39, 0.29) is 17.4 Å². The van der Waals surface area contributed by atoms with E-state index in [1.165, 1.54) is 39.2 Å². The molecule has 0 saturated carbocycles. The number of halogens is 1. The van der Waals surface area contributed by atoms with Gasteiger partial charge in [0, 0.05) is 27.4 Å². The van der Waals surface area contributed by atoms with Crippen molar-refractivity contribution in [2.45, 2.75) is 4.90 Å². The van der Waals surface area contributed by atoms with Crippen LogP contribution in [0.2, 0.25) is 5.02 Å². The maximum absolute atomic E-state index is 13.5. The van der Waals surface area contributed by atoms with Crippen molar-refractivity contribution >= 4 is 58.5 Å². The second-order valence-electron chi connectivity index (χ2n) is 9.13. The number of hydrogen-bond acceptors (Lipinski definition) is 7. The Morgan fingerprint density at radius 2 is 1.50 bits per heavy atom. The SMILES string of the molecule is COc1ccc(NC(=O)CSc2cccc(NC(=O)/C(=C\c3cccc(OC)c3OC)NC(=O)c3ccccc3)c2)cc1Cl. The Labute approximate surface area is 264 Å². The van der Waals surface area contributed by atoms with E-state index in [1.54, 1.807) is 84.9 Å². The fourth-order valence-corrected chi connectivity index (χ4v) is 5.09. The Hall–Kier alpha value is -4.93. The maximum Gasteiger partial charge on any atom is 0.272 e. The van der Waals surface area contributed by atoms with E-state index in [0.29, 0.717) is 44.8 Å². The molecule has 0 fully saturated rings. The van der Waals surface area contributed by atoms with Crippen LogP contribution in [0.5, 0.6) is 17.2 Å². The highest BCUT2D eigenvalue weighted by atomic mass is 35.5. The van der Waals surface area contributed by atoms with Crippen molar-refractivity contribution in [1.29, 1.82) is 0 Å². The van der Waals surface area contributed by atoms with Crippen LogP contribution in [-0.4, -0.2) is 44.8 Å². The van der Waals surface area contributed by atoms with Gasteiger partial charge in [0.05, 0.1) is 32.1 Å². The van der Waals surface area contributed by atoms with E-state index in [1.807, 2.05) is 6.07 Å². The van der Waals surface area contributed by atoms with E-state index >= 15 is 0 Å². The van der Waals surface area contributed by atoms with Gasteiger partial charge in [-0.05, 0) is 60.7 Å². The first kappa shape index (κ1) is 32.0. The number of carbonyl (C=O) groups excluding carboxylic acids is 3. The van der Waals surface area contributed by atoms with Gasteiger partial charge in [-0.1, -0.05) is 48.0 Å². The van der Waals surface area contributed by atoms with Crippen molar-refractivity contribution in [1.82, 2.24) is 5.32 Å². The van der Waals surface area contributed by atoms with Crippen LogP contribution in [0.25, 0.3) is 6.08 Å². The highest BCUT2D eigenvalue weighted by molar-refractivity contribution is 8.00. The number of para-hydroxylation sites is 1. The van der Waals surface area contributed by atoms with Crippen molar-refractivity contribution in [3.63, 3.8) is 0 Å². The molecule has 0 aromatic heterocycles. The Morgan fingerprint density at radius 3 is 2.20 bits per heavy atom. The molecular weight excluding hydrogens is 602 g/mol. The summed E-state index contributed by atoms with van der Waals surface area (Å²) >= 11 is 7.44. The summed E-state index contributed by atoms with van der Waals surface area (Å²) in [5, 5.41) is 8.74. The van der Waals surface area contributed by atoms with Gasteiger partial charge in [-0.25, -0.2) is 0 Å². The Kier molecular flexibility index (Phi) is 11.3. The average Bonchev–Trinajstić information content (AvgIpc) is 3.04. The van der Waals surface area contributed by atoms with Gasteiger partial charge < -0.3 is 30.2 Å². The summed E-state index contributed by atoms with van der Waals surface area (Å²) in [6.07, 6.45) is 1.52. The largest absolute Gasteiger partial charge is 0.495 e. The Balaban J connectivity index is 1.49. The molecule has 9 nitrogen and oxygen atoms in total. The van der Waals surface area contributed by atoms with E-state index in [4.69, 9.17) is 25.8 Å². The monoisotopic (exact) mass is 631 g/mol. The molecule has 4 aromatic rings. The summed E-state index contributed by atoms with van der Waals surface area (Å²) in [4.78, 5) is 39.9. The molecule has 0 atom stereocenters. The first-order valence-electron chi connectivity index (χ1n) is 13.3. The normalized spacial score (nSPS) is 10.9. The fourth-order valence-electron chi connectivity index (χ4n) is 4.08. The Morgan fingerprint density at radius 1 is 0.773 bits per heavy atom. The second kappa shape index (κ2) is 15.5. The zero-order chi connectivity index (χ0) is 31.5. The quantitative estimate of drug-likeness (QED) is 0.121. The molecule has 0 aliphatic heterocycles. The number of rotatable bonds is 12. The lowest BCUT2D eigenvalue weighted by molar-refractivity contribution is -0.114. The third kappa shape index (κ3) is 8.56. The van der Waals surface area contributed by atoms with Crippen molar-refractivity contribution in [2.24, 2.45) is 0 Å². The first-order chi connectivity index (χ1) is 21.3. The maximum atomic E-state index is 13.5. The number of hydrogen-bond donors (Lipinski definition) is 3. The van der Waals surface area contributed by atoms with Crippen LogP contribution in [0.4, 0.5) is 11.4 Å². The number of nitrogens with one attached hydrogen (secondary N) is 3. The van der Waals surface area contributed by atoms with Crippen molar-refractivity contribution in [3.05, 3.63) is 113 Å². The van der Waals surface area contributed by atoms with E-state index < -0.39 is 11.8 Å². The summed E-state index contributed by atoms with van der Waals surface area (Å²) in [5.74, 6) is 0.263.